The maximum Gasteiger partial charge on any atom is 0.190 e. The maximum absolute atomic E-state index is 9.77. The highest BCUT2D eigenvalue weighted by molar-refractivity contribution is 6.35. The maximum atomic E-state index is 9.77. The fourth-order valence-corrected chi connectivity index (χ4v) is 6.20. The van der Waals surface area contributed by atoms with Crippen molar-refractivity contribution in [1.29, 1.82) is 5.26 Å². The summed E-state index contributed by atoms with van der Waals surface area (Å²) in [5, 5.41) is 25.0. The van der Waals surface area contributed by atoms with Gasteiger partial charge in [-0.2, -0.15) is 10.4 Å². The van der Waals surface area contributed by atoms with Crippen molar-refractivity contribution in [3.8, 4) is 6.07 Å². The molecule has 7 nitrogen and oxygen atoms in total. The lowest BCUT2D eigenvalue weighted by Crippen LogP contribution is -2.45. The molecule has 3 heterocycles. The van der Waals surface area contributed by atoms with Crippen molar-refractivity contribution in [2.45, 2.75) is 57.7 Å². The van der Waals surface area contributed by atoms with E-state index in [0.29, 0.717) is 33.2 Å². The topological polar surface area (TPSA) is 90.9 Å². The Morgan fingerprint density at radius 1 is 1.28 bits per heavy atom. The zero-order valence-corrected chi connectivity index (χ0v) is 22.6. The van der Waals surface area contributed by atoms with Gasteiger partial charge in [-0.25, -0.2) is 14.6 Å². The molecule has 5 rings (SSSR count). The van der Waals surface area contributed by atoms with Crippen molar-refractivity contribution in [2.75, 3.05) is 13.2 Å². The fourth-order valence-electron chi connectivity index (χ4n) is 5.63. The first-order chi connectivity index (χ1) is 16.9. The van der Waals surface area contributed by atoms with E-state index in [9.17, 15) is 10.4 Å². The number of hydrogen-bond acceptors (Lipinski definition) is 6. The van der Waals surface area contributed by atoms with Gasteiger partial charge < -0.3 is 5.11 Å². The monoisotopic (exact) mass is 546 g/mol. The van der Waals surface area contributed by atoms with Crippen LogP contribution in [0.4, 0.5) is 0 Å². The van der Waals surface area contributed by atoms with E-state index < -0.39 is 0 Å². The number of aliphatic hydroxyl groups excluding tert-OH is 1. The van der Waals surface area contributed by atoms with E-state index in [-0.39, 0.29) is 36.8 Å². The molecule has 1 unspecified atom stereocenters. The highest BCUT2D eigenvalue weighted by Gasteiger charge is 2.34. The molecule has 0 radical (unpaired) electrons. The lowest BCUT2D eigenvalue weighted by molar-refractivity contribution is 0.0950. The molecule has 4 atom stereocenters. The van der Waals surface area contributed by atoms with E-state index in [4.69, 9.17) is 28.2 Å². The molecule has 0 amide bonds. The van der Waals surface area contributed by atoms with Crippen LogP contribution >= 0.6 is 35.6 Å². The zero-order valence-electron chi connectivity index (χ0n) is 20.2. The van der Waals surface area contributed by atoms with Gasteiger partial charge in [0.25, 0.3) is 0 Å². The molecule has 1 aromatic carbocycles. The number of hydrogen-bond donors (Lipinski definition) is 1. The van der Waals surface area contributed by atoms with Gasteiger partial charge >= 0.3 is 0 Å². The predicted octanol–water partition coefficient (Wildman–Crippen LogP) is 5.67. The Hall–Kier alpha value is -2.21. The van der Waals surface area contributed by atoms with E-state index in [2.05, 4.69) is 34.1 Å². The van der Waals surface area contributed by atoms with Crippen LogP contribution in [0.5, 0.6) is 0 Å². The Morgan fingerprint density at radius 3 is 2.78 bits per heavy atom. The van der Waals surface area contributed by atoms with Crippen LogP contribution in [0.2, 0.25) is 10.0 Å². The summed E-state index contributed by atoms with van der Waals surface area (Å²) in [6.45, 7) is 5.49. The van der Waals surface area contributed by atoms with E-state index >= 15 is 0 Å². The highest BCUT2D eigenvalue weighted by atomic mass is 35.5. The summed E-state index contributed by atoms with van der Waals surface area (Å²) in [6, 6.07) is 7.95. The summed E-state index contributed by atoms with van der Waals surface area (Å²) in [5.74, 6) is 0.342. The number of aromatic nitrogens is 4. The minimum atomic E-state index is -0.261. The zero-order chi connectivity index (χ0) is 24.7. The van der Waals surface area contributed by atoms with Crippen molar-refractivity contribution >= 4 is 52.3 Å². The van der Waals surface area contributed by atoms with Crippen molar-refractivity contribution in [1.82, 2.24) is 24.6 Å². The molecule has 0 bridgehead atoms. The third kappa shape index (κ3) is 4.85. The van der Waals surface area contributed by atoms with Crippen molar-refractivity contribution in [3.63, 3.8) is 0 Å². The van der Waals surface area contributed by atoms with E-state index in [1.165, 1.54) is 0 Å². The Morgan fingerprint density at radius 2 is 2.08 bits per heavy atom. The fraction of sp³-hybridized carbons (Fsp3) is 0.462. The SMILES string of the molecule is C[C@@H]1C=C(c2cnc3c(C#N)nn([C@H](C)c4ccc(Cl)cc4Cl)c3n2)CC[C@@H]1N1CCCC1CO.Cl. The third-order valence-electron chi connectivity index (χ3n) is 7.46. The normalized spacial score (nSPS) is 23.2. The summed E-state index contributed by atoms with van der Waals surface area (Å²) in [5.41, 5.74) is 4.10. The van der Waals surface area contributed by atoms with Gasteiger partial charge in [0, 0.05) is 22.1 Å². The smallest absolute Gasteiger partial charge is 0.190 e. The van der Waals surface area contributed by atoms with Gasteiger partial charge in [-0.3, -0.25) is 4.90 Å². The third-order valence-corrected chi connectivity index (χ3v) is 8.02. The van der Waals surface area contributed by atoms with Gasteiger partial charge in [-0.1, -0.05) is 42.3 Å². The second kappa shape index (κ2) is 11.0. The standard InChI is InChI=1S/C26H28Cl2N6O.ClH/c1-15-10-17(5-8-24(15)33-9-3-4-19(33)14-35)23-13-30-25-22(12-29)32-34(26(25)31-23)16(2)20-7-6-18(27)11-21(20)28;/h6-7,10-11,13,15-16,19,24,35H,3-5,8-9,14H2,1-2H3;1H/t15-,16-,19?,24+;/m1./s1. The minimum Gasteiger partial charge on any atom is -0.395 e. The molecule has 2 aromatic heterocycles. The number of aliphatic hydroxyl groups is 1. The molecule has 1 saturated heterocycles. The molecule has 2 aliphatic rings. The van der Waals surface area contributed by atoms with Gasteiger partial charge in [0.15, 0.2) is 11.3 Å². The summed E-state index contributed by atoms with van der Waals surface area (Å²) in [7, 11) is 0. The molecule has 1 aliphatic heterocycles. The molecule has 10 heteroatoms. The number of fused-ring (bicyclic) bond motifs is 1. The summed E-state index contributed by atoms with van der Waals surface area (Å²) >= 11 is 12.5. The lowest BCUT2D eigenvalue weighted by Gasteiger charge is -2.38. The molecule has 3 aromatic rings. The van der Waals surface area contributed by atoms with Crippen molar-refractivity contribution in [3.05, 3.63) is 57.5 Å². The molecule has 1 N–H and O–H groups in total. The summed E-state index contributed by atoms with van der Waals surface area (Å²) in [4.78, 5) is 12.0. The Labute approximate surface area is 227 Å². The molecule has 0 saturated carbocycles. The average Bonchev–Trinajstić information content (AvgIpc) is 3.47. The highest BCUT2D eigenvalue weighted by Crippen LogP contribution is 2.36. The Bertz CT molecular complexity index is 1330. The van der Waals surface area contributed by atoms with Crippen LogP contribution in [0, 0.1) is 17.2 Å². The average molecular weight is 548 g/mol. The van der Waals surface area contributed by atoms with Crippen LogP contribution in [0.1, 0.15) is 62.5 Å². The molecule has 36 heavy (non-hydrogen) atoms. The number of rotatable bonds is 5. The van der Waals surface area contributed by atoms with Gasteiger partial charge in [-0.05, 0) is 68.3 Å². The summed E-state index contributed by atoms with van der Waals surface area (Å²) < 4.78 is 1.73. The van der Waals surface area contributed by atoms with Gasteiger partial charge in [-0.15, -0.1) is 12.4 Å². The molecule has 1 fully saturated rings. The van der Waals surface area contributed by atoms with Gasteiger partial charge in [0.1, 0.15) is 11.6 Å². The molecule has 1 aliphatic carbocycles. The first kappa shape index (κ1) is 26.8. The number of benzene rings is 1. The van der Waals surface area contributed by atoms with Crippen molar-refractivity contribution < 1.29 is 5.11 Å². The largest absolute Gasteiger partial charge is 0.395 e. The van der Waals surface area contributed by atoms with Crippen LogP contribution in [-0.4, -0.2) is 55.0 Å². The predicted molar refractivity (Wildman–Crippen MR) is 145 cm³/mol. The van der Waals surface area contributed by atoms with Gasteiger partial charge in [0.05, 0.1) is 24.5 Å². The van der Waals surface area contributed by atoms with Crippen LogP contribution in [0.15, 0.2) is 30.5 Å². The number of allylic oxidation sites excluding steroid dienone is 1. The van der Waals surface area contributed by atoms with Crippen LogP contribution < -0.4 is 0 Å². The van der Waals surface area contributed by atoms with Crippen LogP contribution in [0.25, 0.3) is 16.7 Å². The van der Waals surface area contributed by atoms with Crippen LogP contribution in [0.3, 0.4) is 0 Å². The number of likely N-dealkylation sites (tertiary alicyclic amines) is 1. The quantitative estimate of drug-likeness (QED) is 0.442. The Kier molecular flexibility index (Phi) is 8.23. The lowest BCUT2D eigenvalue weighted by atomic mass is 9.84. The molecule has 0 spiro atoms. The number of halogens is 3. The second-order valence-electron chi connectivity index (χ2n) is 9.55. The first-order valence-corrected chi connectivity index (χ1v) is 12.8. The minimum absolute atomic E-state index is 0. The molecule has 190 valence electrons. The molecular formula is C26H29Cl3N6O. The van der Waals surface area contributed by atoms with Crippen LogP contribution in [-0.2, 0) is 0 Å². The number of nitriles is 1. The van der Waals surface area contributed by atoms with E-state index in [0.717, 1.165) is 49.1 Å². The van der Waals surface area contributed by atoms with E-state index in [1.807, 2.05) is 13.0 Å². The molecular weight excluding hydrogens is 519 g/mol. The number of nitrogens with zero attached hydrogens (tertiary/aromatic N) is 6. The van der Waals surface area contributed by atoms with Gasteiger partial charge in [0.2, 0.25) is 0 Å². The van der Waals surface area contributed by atoms with Crippen molar-refractivity contribution in [2.24, 2.45) is 5.92 Å². The second-order valence-corrected chi connectivity index (χ2v) is 10.4. The van der Waals surface area contributed by atoms with E-state index in [1.54, 1.807) is 23.0 Å². The summed E-state index contributed by atoms with van der Waals surface area (Å²) in [6.07, 6.45) is 8.17. The first-order valence-electron chi connectivity index (χ1n) is 12.1. The Balaban J connectivity index is 0.00000304.